The van der Waals surface area contributed by atoms with Crippen molar-refractivity contribution in [3.8, 4) is 0 Å². The van der Waals surface area contributed by atoms with E-state index in [-0.39, 0.29) is 5.56 Å². The molecule has 0 fully saturated rings. The van der Waals surface area contributed by atoms with Gasteiger partial charge in [0.15, 0.2) is 0 Å². The zero-order chi connectivity index (χ0) is 11.4. The number of hydrogen-bond acceptors (Lipinski definition) is 1. The summed E-state index contributed by atoms with van der Waals surface area (Å²) >= 11 is 3.41. The first-order chi connectivity index (χ1) is 7.00. The Bertz CT molecular complexity index is 382. The average molecular weight is 272 g/mol. The van der Waals surface area contributed by atoms with Crippen molar-refractivity contribution >= 4 is 15.9 Å². The first-order valence-electron chi connectivity index (χ1n) is 5.37. The van der Waals surface area contributed by atoms with Gasteiger partial charge in [-0.05, 0) is 47.7 Å². The largest absolute Gasteiger partial charge is 0.314 e. The molecule has 84 valence electrons. The predicted molar refractivity (Wildman–Crippen MR) is 67.2 cm³/mol. The standard InChI is InChI=1S/C12H18BrNO/c1-9(2)5-4-6-14-8-11(13)7-10(3)12(14)15/h7-9H,4-6H2,1-3H3. The molecule has 2 nitrogen and oxygen atoms in total. The van der Waals surface area contributed by atoms with E-state index in [0.29, 0.717) is 5.92 Å². The molecule has 0 atom stereocenters. The first kappa shape index (κ1) is 12.5. The topological polar surface area (TPSA) is 22.0 Å². The van der Waals surface area contributed by atoms with Crippen LogP contribution in [0.5, 0.6) is 0 Å². The Morgan fingerprint density at radius 2 is 2.13 bits per heavy atom. The lowest BCUT2D eigenvalue weighted by atomic mass is 10.1. The lowest BCUT2D eigenvalue weighted by Crippen LogP contribution is -2.21. The highest BCUT2D eigenvalue weighted by Gasteiger charge is 2.02. The minimum Gasteiger partial charge on any atom is -0.314 e. The second kappa shape index (κ2) is 5.50. The first-order valence-corrected chi connectivity index (χ1v) is 6.16. The van der Waals surface area contributed by atoms with E-state index in [4.69, 9.17) is 0 Å². The maximum atomic E-state index is 11.7. The Balaban J connectivity index is 2.73. The average Bonchev–Trinajstić information content (AvgIpc) is 2.12. The maximum absolute atomic E-state index is 11.7. The Hall–Kier alpha value is -0.570. The monoisotopic (exact) mass is 271 g/mol. The minimum atomic E-state index is 0.127. The molecule has 0 radical (unpaired) electrons. The molecule has 0 saturated carbocycles. The second-order valence-corrected chi connectivity index (χ2v) is 5.29. The number of rotatable bonds is 4. The van der Waals surface area contributed by atoms with Crippen molar-refractivity contribution in [2.24, 2.45) is 5.92 Å². The van der Waals surface area contributed by atoms with Crippen LogP contribution in [0, 0.1) is 12.8 Å². The molecule has 1 rings (SSSR count). The number of nitrogens with zero attached hydrogens (tertiary/aromatic N) is 1. The van der Waals surface area contributed by atoms with E-state index >= 15 is 0 Å². The molecule has 3 heteroatoms. The molecule has 0 amide bonds. The molecule has 1 heterocycles. The van der Waals surface area contributed by atoms with E-state index in [0.717, 1.165) is 29.4 Å². The third-order valence-corrected chi connectivity index (χ3v) is 2.85. The van der Waals surface area contributed by atoms with Gasteiger partial charge in [0.25, 0.3) is 5.56 Å². The second-order valence-electron chi connectivity index (χ2n) is 4.38. The highest BCUT2D eigenvalue weighted by Crippen LogP contribution is 2.10. The van der Waals surface area contributed by atoms with Gasteiger partial charge >= 0.3 is 0 Å². The van der Waals surface area contributed by atoms with Crippen molar-refractivity contribution in [3.63, 3.8) is 0 Å². The Morgan fingerprint density at radius 3 is 2.73 bits per heavy atom. The Labute approximate surface area is 99.4 Å². The predicted octanol–water partition coefficient (Wildman–Crippen LogP) is 3.36. The van der Waals surface area contributed by atoms with Crippen LogP contribution >= 0.6 is 15.9 Å². The van der Waals surface area contributed by atoms with Gasteiger partial charge in [0.05, 0.1) is 0 Å². The summed E-state index contributed by atoms with van der Waals surface area (Å²) in [6.45, 7) is 7.08. The van der Waals surface area contributed by atoms with Crippen LogP contribution in [-0.2, 0) is 6.54 Å². The lowest BCUT2D eigenvalue weighted by Gasteiger charge is -2.08. The van der Waals surface area contributed by atoms with E-state index in [2.05, 4.69) is 29.8 Å². The summed E-state index contributed by atoms with van der Waals surface area (Å²) in [5.41, 5.74) is 0.927. The molecular formula is C12H18BrNO. The van der Waals surface area contributed by atoms with Crippen molar-refractivity contribution in [2.45, 2.75) is 40.2 Å². The van der Waals surface area contributed by atoms with Crippen LogP contribution < -0.4 is 5.56 Å². The van der Waals surface area contributed by atoms with Crippen LogP contribution in [0.2, 0.25) is 0 Å². The fourth-order valence-electron chi connectivity index (χ4n) is 1.58. The number of aromatic nitrogens is 1. The third-order valence-electron chi connectivity index (χ3n) is 2.41. The fraction of sp³-hybridized carbons (Fsp3) is 0.583. The van der Waals surface area contributed by atoms with Crippen molar-refractivity contribution in [3.05, 3.63) is 32.7 Å². The quantitative estimate of drug-likeness (QED) is 0.823. The molecular weight excluding hydrogens is 254 g/mol. The van der Waals surface area contributed by atoms with Gasteiger partial charge in [-0.25, -0.2) is 0 Å². The van der Waals surface area contributed by atoms with Crippen molar-refractivity contribution < 1.29 is 0 Å². The number of hydrogen-bond donors (Lipinski definition) is 0. The van der Waals surface area contributed by atoms with E-state index in [1.807, 2.05) is 19.2 Å². The minimum absolute atomic E-state index is 0.127. The van der Waals surface area contributed by atoms with Crippen LogP contribution in [0.25, 0.3) is 0 Å². The van der Waals surface area contributed by atoms with Crippen molar-refractivity contribution in [2.75, 3.05) is 0 Å². The summed E-state index contributed by atoms with van der Waals surface area (Å²) in [5, 5.41) is 0. The van der Waals surface area contributed by atoms with Crippen LogP contribution in [-0.4, -0.2) is 4.57 Å². The fourth-order valence-corrected chi connectivity index (χ4v) is 2.17. The summed E-state index contributed by atoms with van der Waals surface area (Å²) in [5.74, 6) is 0.703. The smallest absolute Gasteiger partial charge is 0.253 e. The normalized spacial score (nSPS) is 11.0. The molecule has 0 spiro atoms. The van der Waals surface area contributed by atoms with E-state index in [1.54, 1.807) is 4.57 Å². The molecule has 1 aromatic heterocycles. The highest BCUT2D eigenvalue weighted by molar-refractivity contribution is 9.10. The van der Waals surface area contributed by atoms with Gasteiger partial charge in [0.1, 0.15) is 0 Å². The van der Waals surface area contributed by atoms with Crippen LogP contribution in [0.1, 0.15) is 32.3 Å². The van der Waals surface area contributed by atoms with E-state index in [1.165, 1.54) is 0 Å². The number of aryl methyl sites for hydroxylation is 2. The molecule has 0 unspecified atom stereocenters. The Kier molecular flexibility index (Phi) is 4.58. The van der Waals surface area contributed by atoms with Gasteiger partial charge < -0.3 is 4.57 Å². The van der Waals surface area contributed by atoms with Crippen molar-refractivity contribution in [1.82, 2.24) is 4.57 Å². The molecule has 0 saturated heterocycles. The van der Waals surface area contributed by atoms with Gasteiger partial charge in [-0.1, -0.05) is 13.8 Å². The van der Waals surface area contributed by atoms with Crippen LogP contribution in [0.4, 0.5) is 0 Å². The summed E-state index contributed by atoms with van der Waals surface area (Å²) in [4.78, 5) is 11.7. The van der Waals surface area contributed by atoms with Gasteiger partial charge in [0, 0.05) is 22.8 Å². The molecule has 0 N–H and O–H groups in total. The zero-order valence-corrected chi connectivity index (χ0v) is 11.2. The molecule has 1 aromatic rings. The number of pyridine rings is 1. The molecule has 15 heavy (non-hydrogen) atoms. The highest BCUT2D eigenvalue weighted by atomic mass is 79.9. The molecule has 0 aromatic carbocycles. The lowest BCUT2D eigenvalue weighted by molar-refractivity contribution is 0.505. The summed E-state index contributed by atoms with van der Waals surface area (Å²) < 4.78 is 2.77. The zero-order valence-electron chi connectivity index (χ0n) is 9.59. The van der Waals surface area contributed by atoms with Gasteiger partial charge in [-0.3, -0.25) is 4.79 Å². The summed E-state index contributed by atoms with van der Waals surface area (Å²) in [6.07, 6.45) is 4.10. The molecule has 0 aliphatic carbocycles. The van der Waals surface area contributed by atoms with Gasteiger partial charge in [-0.2, -0.15) is 0 Å². The van der Waals surface area contributed by atoms with E-state index in [9.17, 15) is 4.79 Å². The van der Waals surface area contributed by atoms with Gasteiger partial charge in [-0.15, -0.1) is 0 Å². The molecule has 0 bridgehead atoms. The summed E-state index contributed by atoms with van der Waals surface area (Å²) in [7, 11) is 0. The van der Waals surface area contributed by atoms with Crippen LogP contribution in [0.3, 0.4) is 0 Å². The summed E-state index contributed by atoms with van der Waals surface area (Å²) in [6, 6.07) is 1.86. The van der Waals surface area contributed by atoms with Crippen molar-refractivity contribution in [1.29, 1.82) is 0 Å². The molecule has 0 aliphatic heterocycles. The van der Waals surface area contributed by atoms with Gasteiger partial charge in [0.2, 0.25) is 0 Å². The molecule has 0 aliphatic rings. The Morgan fingerprint density at radius 1 is 1.47 bits per heavy atom. The third kappa shape index (κ3) is 3.82. The van der Waals surface area contributed by atoms with Crippen LogP contribution in [0.15, 0.2) is 21.5 Å². The number of halogens is 1. The van der Waals surface area contributed by atoms with E-state index < -0.39 is 0 Å². The maximum Gasteiger partial charge on any atom is 0.253 e. The SMILES string of the molecule is Cc1cc(Br)cn(CCCC(C)C)c1=O.